The lowest BCUT2D eigenvalue weighted by molar-refractivity contribution is 0.628. The van der Waals surface area contributed by atoms with Gasteiger partial charge in [-0.2, -0.15) is 0 Å². The SMILES string of the molecule is O=c1[nH]ccc2ccc(-c3ccc(F)cc3Cl)cc12. The summed E-state index contributed by atoms with van der Waals surface area (Å²) in [6.07, 6.45) is 1.61. The lowest BCUT2D eigenvalue weighted by atomic mass is 10.0. The van der Waals surface area contributed by atoms with Gasteiger partial charge in [0.2, 0.25) is 0 Å². The van der Waals surface area contributed by atoms with Crippen LogP contribution in [0.5, 0.6) is 0 Å². The van der Waals surface area contributed by atoms with Crippen LogP contribution in [0.25, 0.3) is 21.9 Å². The Labute approximate surface area is 113 Å². The quantitative estimate of drug-likeness (QED) is 0.714. The van der Waals surface area contributed by atoms with Crippen molar-refractivity contribution < 1.29 is 4.39 Å². The minimum Gasteiger partial charge on any atom is -0.329 e. The molecule has 0 amide bonds. The number of fused-ring (bicyclic) bond motifs is 1. The molecule has 3 aromatic rings. The van der Waals surface area contributed by atoms with E-state index in [0.717, 1.165) is 10.9 Å². The Balaban J connectivity index is 2.26. The highest BCUT2D eigenvalue weighted by molar-refractivity contribution is 6.33. The molecular weight excluding hydrogens is 265 g/mol. The van der Waals surface area contributed by atoms with Gasteiger partial charge in [-0.25, -0.2) is 4.39 Å². The van der Waals surface area contributed by atoms with Crippen LogP contribution in [0.4, 0.5) is 4.39 Å². The molecule has 2 aromatic carbocycles. The van der Waals surface area contributed by atoms with E-state index in [2.05, 4.69) is 4.98 Å². The third-order valence-electron chi connectivity index (χ3n) is 3.02. The average molecular weight is 274 g/mol. The number of hydrogen-bond acceptors (Lipinski definition) is 1. The number of benzene rings is 2. The first-order valence-electron chi connectivity index (χ1n) is 5.72. The molecule has 1 aromatic heterocycles. The van der Waals surface area contributed by atoms with Gasteiger partial charge >= 0.3 is 0 Å². The summed E-state index contributed by atoms with van der Waals surface area (Å²) in [5.41, 5.74) is 1.33. The minimum absolute atomic E-state index is 0.155. The van der Waals surface area contributed by atoms with Crippen molar-refractivity contribution in [1.29, 1.82) is 0 Å². The van der Waals surface area contributed by atoms with Crippen molar-refractivity contribution in [2.45, 2.75) is 0 Å². The van der Waals surface area contributed by atoms with E-state index in [1.54, 1.807) is 18.3 Å². The van der Waals surface area contributed by atoms with Crippen molar-refractivity contribution in [3.63, 3.8) is 0 Å². The molecule has 3 rings (SSSR count). The minimum atomic E-state index is -0.382. The molecule has 2 nitrogen and oxygen atoms in total. The zero-order valence-electron chi connectivity index (χ0n) is 9.78. The molecule has 0 fully saturated rings. The number of nitrogens with one attached hydrogen (secondary N) is 1. The average Bonchev–Trinajstić information content (AvgIpc) is 2.39. The van der Waals surface area contributed by atoms with Crippen LogP contribution < -0.4 is 5.56 Å². The maximum absolute atomic E-state index is 13.0. The summed E-state index contributed by atoms with van der Waals surface area (Å²) in [6, 6.07) is 11.5. The van der Waals surface area contributed by atoms with Crippen LogP contribution in [-0.2, 0) is 0 Å². The highest BCUT2D eigenvalue weighted by Gasteiger charge is 2.06. The maximum atomic E-state index is 13.0. The molecule has 19 heavy (non-hydrogen) atoms. The molecule has 0 aliphatic rings. The fraction of sp³-hybridized carbons (Fsp3) is 0. The number of halogens is 2. The monoisotopic (exact) mass is 273 g/mol. The van der Waals surface area contributed by atoms with Crippen LogP contribution in [0.3, 0.4) is 0 Å². The Bertz CT molecular complexity index is 826. The summed E-state index contributed by atoms with van der Waals surface area (Å²) in [5, 5.41) is 1.76. The molecule has 0 atom stereocenters. The molecule has 0 radical (unpaired) electrons. The largest absolute Gasteiger partial charge is 0.329 e. The van der Waals surface area contributed by atoms with Crippen molar-refractivity contribution >= 4 is 22.4 Å². The van der Waals surface area contributed by atoms with Crippen LogP contribution in [-0.4, -0.2) is 4.98 Å². The van der Waals surface area contributed by atoms with Crippen LogP contribution in [0, 0.1) is 5.82 Å². The molecule has 1 heterocycles. The summed E-state index contributed by atoms with van der Waals surface area (Å²) >= 11 is 6.03. The summed E-state index contributed by atoms with van der Waals surface area (Å²) in [5.74, 6) is -0.382. The van der Waals surface area contributed by atoms with E-state index in [4.69, 9.17) is 11.6 Å². The third kappa shape index (κ3) is 2.13. The lowest BCUT2D eigenvalue weighted by Gasteiger charge is -2.06. The van der Waals surface area contributed by atoms with Gasteiger partial charge in [-0.1, -0.05) is 23.7 Å². The number of aromatic nitrogens is 1. The predicted octanol–water partition coefficient (Wildman–Crippen LogP) is 3.99. The summed E-state index contributed by atoms with van der Waals surface area (Å²) in [6.45, 7) is 0. The molecular formula is C15H9ClFNO. The van der Waals surface area contributed by atoms with Gasteiger partial charge in [-0.15, -0.1) is 0 Å². The predicted molar refractivity (Wildman–Crippen MR) is 75.0 cm³/mol. The zero-order valence-corrected chi connectivity index (χ0v) is 10.5. The molecule has 4 heteroatoms. The van der Waals surface area contributed by atoms with Crippen molar-refractivity contribution in [3.8, 4) is 11.1 Å². The highest BCUT2D eigenvalue weighted by atomic mass is 35.5. The van der Waals surface area contributed by atoms with E-state index in [1.165, 1.54) is 12.1 Å². The van der Waals surface area contributed by atoms with Crippen molar-refractivity contribution in [1.82, 2.24) is 4.98 Å². The molecule has 0 spiro atoms. The zero-order chi connectivity index (χ0) is 13.4. The van der Waals surface area contributed by atoms with Crippen LogP contribution in [0.15, 0.2) is 53.5 Å². The van der Waals surface area contributed by atoms with E-state index in [1.807, 2.05) is 18.2 Å². The van der Waals surface area contributed by atoms with Crippen LogP contribution >= 0.6 is 11.6 Å². The van der Waals surface area contributed by atoms with Gasteiger partial charge in [0.15, 0.2) is 0 Å². The first kappa shape index (κ1) is 11.9. The van der Waals surface area contributed by atoms with Gasteiger partial charge in [0.1, 0.15) is 5.82 Å². The van der Waals surface area contributed by atoms with E-state index < -0.39 is 0 Å². The second-order valence-corrected chi connectivity index (χ2v) is 4.64. The van der Waals surface area contributed by atoms with Gasteiger partial charge in [0, 0.05) is 17.1 Å². The number of hydrogen-bond donors (Lipinski definition) is 1. The molecule has 0 aliphatic heterocycles. The Morgan fingerprint density at radius 2 is 1.89 bits per heavy atom. The molecule has 0 saturated heterocycles. The van der Waals surface area contributed by atoms with Gasteiger partial charge in [-0.3, -0.25) is 4.79 Å². The molecule has 0 aliphatic carbocycles. The third-order valence-corrected chi connectivity index (χ3v) is 3.33. The summed E-state index contributed by atoms with van der Waals surface area (Å²) in [4.78, 5) is 14.4. The number of rotatable bonds is 1. The van der Waals surface area contributed by atoms with E-state index in [-0.39, 0.29) is 11.4 Å². The number of aromatic amines is 1. The Morgan fingerprint density at radius 1 is 1.05 bits per heavy atom. The van der Waals surface area contributed by atoms with Gasteiger partial charge in [0.05, 0.1) is 5.02 Å². The molecule has 0 saturated carbocycles. The van der Waals surface area contributed by atoms with E-state index >= 15 is 0 Å². The van der Waals surface area contributed by atoms with Gasteiger partial charge in [-0.05, 0) is 41.3 Å². The second kappa shape index (κ2) is 4.52. The van der Waals surface area contributed by atoms with Gasteiger partial charge < -0.3 is 4.98 Å². The van der Waals surface area contributed by atoms with E-state index in [0.29, 0.717) is 16.0 Å². The fourth-order valence-corrected chi connectivity index (χ4v) is 2.35. The number of H-pyrrole nitrogens is 1. The lowest BCUT2D eigenvalue weighted by Crippen LogP contribution is -2.04. The first-order valence-corrected chi connectivity index (χ1v) is 6.10. The second-order valence-electron chi connectivity index (χ2n) is 4.23. The summed E-state index contributed by atoms with van der Waals surface area (Å²) in [7, 11) is 0. The molecule has 0 unspecified atom stereocenters. The molecule has 0 bridgehead atoms. The van der Waals surface area contributed by atoms with Crippen LogP contribution in [0.1, 0.15) is 0 Å². The molecule has 1 N–H and O–H groups in total. The summed E-state index contributed by atoms with van der Waals surface area (Å²) < 4.78 is 13.0. The maximum Gasteiger partial charge on any atom is 0.255 e. The normalized spacial score (nSPS) is 10.8. The molecule has 94 valence electrons. The van der Waals surface area contributed by atoms with E-state index in [9.17, 15) is 9.18 Å². The Kier molecular flexibility index (Phi) is 2.84. The first-order chi connectivity index (χ1) is 9.15. The van der Waals surface area contributed by atoms with Gasteiger partial charge in [0.25, 0.3) is 5.56 Å². The Hall–Kier alpha value is -2.13. The topological polar surface area (TPSA) is 32.9 Å². The smallest absolute Gasteiger partial charge is 0.255 e. The standard InChI is InChI=1S/C15H9ClFNO/c16-14-8-11(17)3-4-12(14)10-2-1-9-5-6-18-15(19)13(9)7-10/h1-8H,(H,18,19). The van der Waals surface area contributed by atoms with Crippen molar-refractivity contribution in [2.24, 2.45) is 0 Å². The van der Waals surface area contributed by atoms with Crippen LogP contribution in [0.2, 0.25) is 5.02 Å². The van der Waals surface area contributed by atoms with Crippen molar-refractivity contribution in [2.75, 3.05) is 0 Å². The van der Waals surface area contributed by atoms with Crippen molar-refractivity contribution in [3.05, 3.63) is 69.9 Å². The number of pyridine rings is 1. The fourth-order valence-electron chi connectivity index (χ4n) is 2.07. The highest BCUT2D eigenvalue weighted by Crippen LogP contribution is 2.29. The Morgan fingerprint density at radius 3 is 2.68 bits per heavy atom.